The molecule has 0 N–H and O–H groups in total. The highest BCUT2D eigenvalue weighted by atomic mass is 16.1. The van der Waals surface area contributed by atoms with Crippen molar-refractivity contribution in [3.63, 3.8) is 0 Å². The second kappa shape index (κ2) is 9.85. The molecule has 8 heteroatoms. The molecule has 0 spiro atoms. The number of anilines is 2. The molecular formula is C34H26N6O2. The van der Waals surface area contributed by atoms with Gasteiger partial charge in [0.2, 0.25) is 5.95 Å². The van der Waals surface area contributed by atoms with Crippen molar-refractivity contribution in [2.24, 2.45) is 4.99 Å². The minimum absolute atomic E-state index is 0.00534. The third-order valence-corrected chi connectivity index (χ3v) is 7.53. The second-order valence-corrected chi connectivity index (χ2v) is 10.5. The van der Waals surface area contributed by atoms with E-state index in [0.717, 1.165) is 32.9 Å². The van der Waals surface area contributed by atoms with Gasteiger partial charge in [0.25, 0.3) is 0 Å². The third-order valence-electron chi connectivity index (χ3n) is 7.53. The third kappa shape index (κ3) is 4.34. The van der Waals surface area contributed by atoms with E-state index in [-0.39, 0.29) is 18.0 Å². The van der Waals surface area contributed by atoms with Crippen molar-refractivity contribution < 1.29 is 4.79 Å². The quantitative estimate of drug-likeness (QED) is 0.243. The van der Waals surface area contributed by atoms with Gasteiger partial charge in [0.15, 0.2) is 11.6 Å². The average molecular weight is 551 g/mol. The molecule has 0 aliphatic carbocycles. The number of hydrogen-bond donors (Lipinski definition) is 0. The molecule has 8 nitrogen and oxygen atoms in total. The summed E-state index contributed by atoms with van der Waals surface area (Å²) in [7, 11) is 0. The Hall–Kier alpha value is -5.50. The van der Waals surface area contributed by atoms with Crippen LogP contribution < -0.4 is 10.6 Å². The molecule has 0 saturated carbocycles. The Kier molecular flexibility index (Phi) is 5.97. The summed E-state index contributed by atoms with van der Waals surface area (Å²) in [4.78, 5) is 47.9. The topological polar surface area (TPSA) is 93.3 Å². The molecule has 0 unspecified atom stereocenters. The Balaban J connectivity index is 1.44. The van der Waals surface area contributed by atoms with Crippen molar-refractivity contribution in [3.05, 3.63) is 124 Å². The summed E-state index contributed by atoms with van der Waals surface area (Å²) in [5.41, 5.74) is 3.17. The molecule has 0 fully saturated rings. The van der Waals surface area contributed by atoms with Gasteiger partial charge in [-0.3, -0.25) is 9.36 Å². The number of amidine groups is 1. The summed E-state index contributed by atoms with van der Waals surface area (Å²) in [5.74, 6) is 0.734. The lowest BCUT2D eigenvalue weighted by atomic mass is 10.0. The number of carbonyl (C=O) groups excluding carboxylic acids is 1. The van der Waals surface area contributed by atoms with Crippen LogP contribution in [0.15, 0.2) is 101 Å². The van der Waals surface area contributed by atoms with Gasteiger partial charge in [-0.2, -0.15) is 4.98 Å². The van der Waals surface area contributed by atoms with Crippen LogP contribution in [0.5, 0.6) is 0 Å². The van der Waals surface area contributed by atoms with E-state index in [2.05, 4.69) is 15.0 Å². The summed E-state index contributed by atoms with van der Waals surface area (Å²) in [6, 6.07) is 29.5. The van der Waals surface area contributed by atoms with Crippen molar-refractivity contribution in [1.29, 1.82) is 0 Å². The molecule has 0 bridgehead atoms. The molecule has 7 rings (SSSR count). The van der Waals surface area contributed by atoms with Gasteiger partial charge in [-0.25, -0.2) is 24.7 Å². The molecule has 204 valence electrons. The smallest absolute Gasteiger partial charge is 0.293 e. The first-order valence-electron chi connectivity index (χ1n) is 13.7. The van der Waals surface area contributed by atoms with E-state index in [0.29, 0.717) is 34.4 Å². The van der Waals surface area contributed by atoms with E-state index >= 15 is 0 Å². The van der Waals surface area contributed by atoms with E-state index in [1.807, 2.05) is 105 Å². The highest BCUT2D eigenvalue weighted by Crippen LogP contribution is 2.35. The normalized spacial score (nSPS) is 14.1. The van der Waals surface area contributed by atoms with Crippen LogP contribution in [0.2, 0.25) is 0 Å². The predicted molar refractivity (Wildman–Crippen MR) is 166 cm³/mol. The fourth-order valence-electron chi connectivity index (χ4n) is 5.66. The minimum atomic E-state index is -0.504. The molecular weight excluding hydrogens is 524 g/mol. The molecule has 3 heterocycles. The van der Waals surface area contributed by atoms with E-state index in [1.165, 1.54) is 4.57 Å². The van der Waals surface area contributed by atoms with E-state index in [4.69, 9.17) is 4.99 Å². The van der Waals surface area contributed by atoms with Crippen LogP contribution in [0.25, 0.3) is 27.2 Å². The highest BCUT2D eigenvalue weighted by Gasteiger charge is 2.36. The number of aryl methyl sites for hydroxylation is 2. The SMILES string of the molecule is Cc1cc(C)nc(N2C(=Nc3ccc4ccccc4c3)CC(=O)c3c2nc(=O)n(-c2ccc4ccccc4c2)c3C)n1. The van der Waals surface area contributed by atoms with Gasteiger partial charge >= 0.3 is 5.69 Å². The number of ketones is 1. The molecule has 1 aliphatic rings. The molecule has 4 aromatic carbocycles. The Morgan fingerprint density at radius 3 is 2.00 bits per heavy atom. The number of aliphatic imine (C=N–C) groups is 1. The maximum atomic E-state index is 13.8. The van der Waals surface area contributed by atoms with E-state index in [9.17, 15) is 9.59 Å². The van der Waals surface area contributed by atoms with Gasteiger partial charge in [0.1, 0.15) is 5.84 Å². The van der Waals surface area contributed by atoms with Crippen LogP contribution in [0, 0.1) is 20.8 Å². The first-order chi connectivity index (χ1) is 20.4. The largest absolute Gasteiger partial charge is 0.354 e. The number of Topliss-reactive ketones (excluding diaryl/α,β-unsaturated/α-hetero) is 1. The predicted octanol–water partition coefficient (Wildman–Crippen LogP) is 6.71. The van der Waals surface area contributed by atoms with Crippen molar-refractivity contribution in [2.75, 3.05) is 4.90 Å². The van der Waals surface area contributed by atoms with Crippen LogP contribution in [0.3, 0.4) is 0 Å². The highest BCUT2D eigenvalue weighted by molar-refractivity contribution is 6.23. The average Bonchev–Trinajstić information content (AvgIpc) is 2.96. The second-order valence-electron chi connectivity index (χ2n) is 10.5. The van der Waals surface area contributed by atoms with E-state index in [1.54, 1.807) is 11.8 Å². The van der Waals surface area contributed by atoms with Gasteiger partial charge in [0, 0.05) is 17.1 Å². The van der Waals surface area contributed by atoms with Gasteiger partial charge < -0.3 is 0 Å². The first kappa shape index (κ1) is 25.5. The molecule has 0 saturated heterocycles. The number of carbonyl (C=O) groups is 1. The number of hydrogen-bond acceptors (Lipinski definition) is 6. The van der Waals surface area contributed by atoms with Gasteiger partial charge in [0.05, 0.1) is 23.4 Å². The van der Waals surface area contributed by atoms with E-state index < -0.39 is 5.69 Å². The van der Waals surface area contributed by atoms with Crippen LogP contribution in [0.4, 0.5) is 17.5 Å². The monoisotopic (exact) mass is 550 g/mol. The zero-order valence-electron chi connectivity index (χ0n) is 23.4. The summed E-state index contributed by atoms with van der Waals surface area (Å²) in [5, 5.41) is 4.16. The summed E-state index contributed by atoms with van der Waals surface area (Å²) in [6.07, 6.45) is -0.00534. The van der Waals surface area contributed by atoms with Crippen LogP contribution in [-0.4, -0.2) is 31.1 Å². The zero-order valence-corrected chi connectivity index (χ0v) is 23.4. The fraction of sp³-hybridized carbons (Fsp3) is 0.118. The van der Waals surface area contributed by atoms with Crippen LogP contribution >= 0.6 is 0 Å². The van der Waals surface area contributed by atoms with Crippen molar-refractivity contribution in [3.8, 4) is 5.69 Å². The Labute approximate surface area is 241 Å². The number of rotatable bonds is 3. The number of nitrogens with zero attached hydrogens (tertiary/aromatic N) is 6. The van der Waals surface area contributed by atoms with Gasteiger partial charge in [-0.1, -0.05) is 60.7 Å². The van der Waals surface area contributed by atoms with Crippen molar-refractivity contribution in [1.82, 2.24) is 19.5 Å². The lowest BCUT2D eigenvalue weighted by Gasteiger charge is -2.30. The lowest BCUT2D eigenvalue weighted by molar-refractivity contribution is 0.0997. The van der Waals surface area contributed by atoms with Crippen LogP contribution in [0.1, 0.15) is 33.9 Å². The molecule has 2 aromatic heterocycles. The molecule has 6 aromatic rings. The van der Waals surface area contributed by atoms with Crippen LogP contribution in [-0.2, 0) is 0 Å². The molecule has 0 radical (unpaired) electrons. The zero-order chi connectivity index (χ0) is 29.0. The number of benzene rings is 4. The van der Waals surface area contributed by atoms with Gasteiger partial charge in [-0.05, 0) is 72.6 Å². The Morgan fingerprint density at radius 2 is 1.31 bits per heavy atom. The molecule has 1 aliphatic heterocycles. The molecule has 0 atom stereocenters. The standard InChI is InChI=1S/C34H26N6O2/c1-20-16-21(2)36-33(35-20)40-30(37-27-14-12-23-8-4-6-10-25(23)17-27)19-29(41)31-22(3)39(34(42)38-32(31)40)28-15-13-24-9-5-7-11-26(24)18-28/h4-18H,19H2,1-3H3. The molecule has 42 heavy (non-hydrogen) atoms. The van der Waals surface area contributed by atoms with Gasteiger partial charge in [-0.15, -0.1) is 0 Å². The number of aromatic nitrogens is 4. The maximum absolute atomic E-state index is 13.8. The minimum Gasteiger partial charge on any atom is -0.293 e. The summed E-state index contributed by atoms with van der Waals surface area (Å²) in [6.45, 7) is 5.54. The first-order valence-corrected chi connectivity index (χ1v) is 13.7. The summed E-state index contributed by atoms with van der Waals surface area (Å²) < 4.78 is 1.50. The lowest BCUT2D eigenvalue weighted by Crippen LogP contribution is -2.40. The Morgan fingerprint density at radius 1 is 0.690 bits per heavy atom. The summed E-state index contributed by atoms with van der Waals surface area (Å²) >= 11 is 0. The molecule has 0 amide bonds. The number of fused-ring (bicyclic) bond motifs is 3. The Bertz CT molecular complexity index is 2140. The van der Waals surface area contributed by atoms with Crippen molar-refractivity contribution >= 4 is 50.6 Å². The van der Waals surface area contributed by atoms with Crippen molar-refractivity contribution in [2.45, 2.75) is 27.2 Å². The maximum Gasteiger partial charge on any atom is 0.354 e. The fourth-order valence-corrected chi connectivity index (χ4v) is 5.66.